The molecule has 1 aliphatic heterocycles. The van der Waals surface area contributed by atoms with Crippen molar-refractivity contribution in [1.29, 1.82) is 0 Å². The fourth-order valence-corrected chi connectivity index (χ4v) is 3.12. The molecule has 2 aliphatic rings. The summed E-state index contributed by atoms with van der Waals surface area (Å²) in [6.45, 7) is 6.98. The molecule has 2 unspecified atom stereocenters. The number of para-hydroxylation sites is 1. The van der Waals surface area contributed by atoms with Crippen molar-refractivity contribution in [3.05, 3.63) is 30.3 Å². The van der Waals surface area contributed by atoms with Crippen molar-refractivity contribution in [2.75, 3.05) is 18.0 Å². The van der Waals surface area contributed by atoms with Crippen molar-refractivity contribution < 1.29 is 0 Å². The maximum atomic E-state index is 3.77. The average molecular weight is 244 g/mol. The lowest BCUT2D eigenvalue weighted by atomic mass is 9.96. The minimum absolute atomic E-state index is 0.627. The Hall–Kier alpha value is -1.02. The first kappa shape index (κ1) is 12.0. The van der Waals surface area contributed by atoms with Crippen LogP contribution in [-0.2, 0) is 0 Å². The molecule has 0 spiro atoms. The van der Waals surface area contributed by atoms with Crippen LogP contribution in [0.3, 0.4) is 0 Å². The van der Waals surface area contributed by atoms with Gasteiger partial charge in [0.05, 0.1) is 0 Å². The lowest BCUT2D eigenvalue weighted by Gasteiger charge is -2.44. The summed E-state index contributed by atoms with van der Waals surface area (Å²) in [6.07, 6.45) is 2.85. The Bertz CT molecular complexity index is 383. The van der Waals surface area contributed by atoms with Crippen LogP contribution < -0.4 is 10.2 Å². The van der Waals surface area contributed by atoms with Gasteiger partial charge in [-0.15, -0.1) is 0 Å². The van der Waals surface area contributed by atoms with Gasteiger partial charge >= 0.3 is 0 Å². The van der Waals surface area contributed by atoms with Crippen LogP contribution in [0.1, 0.15) is 26.7 Å². The second kappa shape index (κ2) is 4.93. The van der Waals surface area contributed by atoms with E-state index in [1.54, 1.807) is 0 Å². The third-order valence-corrected chi connectivity index (χ3v) is 4.43. The second-order valence-electron chi connectivity index (χ2n) is 6.15. The average Bonchev–Trinajstić information content (AvgIpc) is 3.23. The Morgan fingerprint density at radius 2 is 1.89 bits per heavy atom. The van der Waals surface area contributed by atoms with E-state index in [1.807, 2.05) is 0 Å². The summed E-state index contributed by atoms with van der Waals surface area (Å²) in [6, 6.07) is 12.3. The van der Waals surface area contributed by atoms with E-state index in [-0.39, 0.29) is 0 Å². The summed E-state index contributed by atoms with van der Waals surface area (Å²) in [7, 11) is 0. The molecule has 3 rings (SSSR count). The normalized spacial score (nSPS) is 28.7. The third-order valence-electron chi connectivity index (χ3n) is 4.43. The Morgan fingerprint density at radius 3 is 2.50 bits per heavy atom. The maximum absolute atomic E-state index is 3.77. The van der Waals surface area contributed by atoms with Gasteiger partial charge < -0.3 is 10.2 Å². The van der Waals surface area contributed by atoms with Crippen molar-refractivity contribution in [3.8, 4) is 0 Å². The van der Waals surface area contributed by atoms with Gasteiger partial charge in [-0.3, -0.25) is 0 Å². The molecule has 0 amide bonds. The molecule has 2 nitrogen and oxygen atoms in total. The van der Waals surface area contributed by atoms with Crippen LogP contribution in [0.5, 0.6) is 0 Å². The van der Waals surface area contributed by atoms with Crippen molar-refractivity contribution in [2.24, 2.45) is 11.8 Å². The van der Waals surface area contributed by atoms with Gasteiger partial charge in [0.25, 0.3) is 0 Å². The molecule has 2 heteroatoms. The number of hydrogen-bond donors (Lipinski definition) is 1. The van der Waals surface area contributed by atoms with E-state index in [4.69, 9.17) is 0 Å². The molecule has 18 heavy (non-hydrogen) atoms. The van der Waals surface area contributed by atoms with Crippen molar-refractivity contribution in [2.45, 2.75) is 38.8 Å². The highest BCUT2D eigenvalue weighted by atomic mass is 15.2. The second-order valence-corrected chi connectivity index (χ2v) is 6.15. The van der Waals surface area contributed by atoms with Crippen molar-refractivity contribution >= 4 is 5.69 Å². The number of hydrogen-bond acceptors (Lipinski definition) is 2. The molecule has 1 N–H and O–H groups in total. The monoisotopic (exact) mass is 244 g/mol. The minimum Gasteiger partial charge on any atom is -0.365 e. The molecule has 1 saturated heterocycles. The zero-order valence-corrected chi connectivity index (χ0v) is 11.5. The van der Waals surface area contributed by atoms with Gasteiger partial charge in [-0.2, -0.15) is 0 Å². The van der Waals surface area contributed by atoms with E-state index >= 15 is 0 Å². The minimum atomic E-state index is 0.627. The highest BCUT2D eigenvalue weighted by molar-refractivity contribution is 5.48. The largest absolute Gasteiger partial charge is 0.365 e. The summed E-state index contributed by atoms with van der Waals surface area (Å²) < 4.78 is 0. The molecule has 1 aromatic carbocycles. The molecule has 0 bridgehead atoms. The molecule has 2 atom stereocenters. The van der Waals surface area contributed by atoms with E-state index in [9.17, 15) is 0 Å². The SMILES string of the molecule is CC(C)C1CNC(C2CC2)CN1c1ccccc1. The van der Waals surface area contributed by atoms with Crippen LogP contribution >= 0.6 is 0 Å². The zero-order valence-electron chi connectivity index (χ0n) is 11.5. The van der Waals surface area contributed by atoms with E-state index in [0.29, 0.717) is 18.0 Å². The zero-order chi connectivity index (χ0) is 12.5. The standard InChI is InChI=1S/C16H24N2/c1-12(2)16-10-17-15(13-8-9-13)11-18(16)14-6-4-3-5-7-14/h3-7,12-13,15-17H,8-11H2,1-2H3. The summed E-state index contributed by atoms with van der Waals surface area (Å²) >= 11 is 0. The number of rotatable bonds is 3. The smallest absolute Gasteiger partial charge is 0.0438 e. The lowest BCUT2D eigenvalue weighted by Crippen LogP contribution is -2.59. The first-order chi connectivity index (χ1) is 8.75. The summed E-state index contributed by atoms with van der Waals surface area (Å²) in [5.74, 6) is 1.63. The predicted octanol–water partition coefficient (Wildman–Crippen LogP) is 2.90. The molecule has 1 saturated carbocycles. The first-order valence-electron chi connectivity index (χ1n) is 7.31. The van der Waals surface area contributed by atoms with E-state index < -0.39 is 0 Å². The van der Waals surface area contributed by atoms with Gasteiger partial charge in [0.2, 0.25) is 0 Å². The van der Waals surface area contributed by atoms with Crippen molar-refractivity contribution in [1.82, 2.24) is 5.32 Å². The van der Waals surface area contributed by atoms with Crippen LogP contribution in [0.25, 0.3) is 0 Å². The van der Waals surface area contributed by atoms with Gasteiger partial charge in [0.1, 0.15) is 0 Å². The van der Waals surface area contributed by atoms with Crippen LogP contribution in [0, 0.1) is 11.8 Å². The van der Waals surface area contributed by atoms with Gasteiger partial charge in [0, 0.05) is 30.9 Å². The van der Waals surface area contributed by atoms with E-state index in [1.165, 1.54) is 25.1 Å². The van der Waals surface area contributed by atoms with Crippen LogP contribution in [0.15, 0.2) is 30.3 Å². The molecule has 0 radical (unpaired) electrons. The van der Waals surface area contributed by atoms with Gasteiger partial charge in [0.15, 0.2) is 0 Å². The summed E-state index contributed by atoms with van der Waals surface area (Å²) in [5.41, 5.74) is 1.39. The van der Waals surface area contributed by atoms with Crippen molar-refractivity contribution in [3.63, 3.8) is 0 Å². The maximum Gasteiger partial charge on any atom is 0.0438 e. The number of benzene rings is 1. The van der Waals surface area contributed by atoms with Gasteiger partial charge in [-0.1, -0.05) is 32.0 Å². The molecule has 1 heterocycles. The Labute approximate surface area is 110 Å². The fourth-order valence-electron chi connectivity index (χ4n) is 3.12. The summed E-state index contributed by atoms with van der Waals surface area (Å²) in [5, 5.41) is 3.77. The Balaban J connectivity index is 1.80. The molecular formula is C16H24N2. The Morgan fingerprint density at radius 1 is 1.17 bits per heavy atom. The number of nitrogens with zero attached hydrogens (tertiary/aromatic N) is 1. The van der Waals surface area contributed by atoms with Gasteiger partial charge in [-0.05, 0) is 36.8 Å². The van der Waals surface area contributed by atoms with E-state index in [0.717, 1.165) is 12.5 Å². The highest BCUT2D eigenvalue weighted by Gasteiger charge is 2.37. The predicted molar refractivity (Wildman–Crippen MR) is 76.9 cm³/mol. The fraction of sp³-hybridized carbons (Fsp3) is 0.625. The molecule has 0 aromatic heterocycles. The topological polar surface area (TPSA) is 15.3 Å². The molecule has 1 aromatic rings. The van der Waals surface area contributed by atoms with E-state index in [2.05, 4.69) is 54.4 Å². The Kier molecular flexibility index (Phi) is 3.29. The number of nitrogens with one attached hydrogen (secondary N) is 1. The third kappa shape index (κ3) is 2.39. The van der Waals surface area contributed by atoms with Gasteiger partial charge in [-0.25, -0.2) is 0 Å². The molecular weight excluding hydrogens is 220 g/mol. The summed E-state index contributed by atoms with van der Waals surface area (Å²) in [4.78, 5) is 2.63. The highest BCUT2D eigenvalue weighted by Crippen LogP contribution is 2.36. The first-order valence-corrected chi connectivity index (χ1v) is 7.31. The lowest BCUT2D eigenvalue weighted by molar-refractivity contribution is 0.320. The van der Waals surface area contributed by atoms with Crippen LogP contribution in [0.2, 0.25) is 0 Å². The number of piperazine rings is 1. The quantitative estimate of drug-likeness (QED) is 0.879. The van der Waals surface area contributed by atoms with Crippen LogP contribution in [0.4, 0.5) is 5.69 Å². The number of anilines is 1. The molecule has 98 valence electrons. The molecule has 1 aliphatic carbocycles. The van der Waals surface area contributed by atoms with Crippen LogP contribution in [-0.4, -0.2) is 25.2 Å². The molecule has 2 fully saturated rings.